The molecular formula is C17H18ClN3O. The minimum absolute atomic E-state index is 0.110. The van der Waals surface area contributed by atoms with E-state index in [0.29, 0.717) is 5.02 Å². The third-order valence-corrected chi connectivity index (χ3v) is 3.40. The molecule has 0 heterocycles. The first-order chi connectivity index (χ1) is 10.7. The SMILES string of the molecule is CCC(=NNC(=O)CNc1ccccc1Cl)c1ccccc1. The Kier molecular flexibility index (Phi) is 5.98. The summed E-state index contributed by atoms with van der Waals surface area (Å²) in [5.41, 5.74) is 5.13. The Bertz CT molecular complexity index is 656. The minimum atomic E-state index is -0.221. The Morgan fingerprint density at radius 2 is 1.77 bits per heavy atom. The molecule has 1 amide bonds. The van der Waals surface area contributed by atoms with E-state index in [1.54, 1.807) is 6.07 Å². The van der Waals surface area contributed by atoms with Crippen LogP contribution in [0.4, 0.5) is 5.69 Å². The summed E-state index contributed by atoms with van der Waals surface area (Å²) in [6, 6.07) is 17.1. The zero-order valence-corrected chi connectivity index (χ0v) is 13.1. The molecule has 0 unspecified atom stereocenters. The molecule has 0 aliphatic heterocycles. The Balaban J connectivity index is 1.91. The Morgan fingerprint density at radius 3 is 2.45 bits per heavy atom. The van der Waals surface area contributed by atoms with Crippen LogP contribution in [0.2, 0.25) is 5.02 Å². The molecular weight excluding hydrogens is 298 g/mol. The molecule has 0 aromatic heterocycles. The summed E-state index contributed by atoms with van der Waals surface area (Å²) in [4.78, 5) is 11.9. The van der Waals surface area contributed by atoms with Crippen LogP contribution in [0, 0.1) is 0 Å². The minimum Gasteiger partial charge on any atom is -0.375 e. The number of carbonyl (C=O) groups excluding carboxylic acids is 1. The highest BCUT2D eigenvalue weighted by molar-refractivity contribution is 6.33. The predicted octanol–water partition coefficient (Wildman–Crippen LogP) is 3.68. The Hall–Kier alpha value is -2.33. The van der Waals surface area contributed by atoms with E-state index in [1.807, 2.05) is 55.5 Å². The first-order valence-corrected chi connectivity index (χ1v) is 7.47. The van der Waals surface area contributed by atoms with Crippen LogP contribution in [0.1, 0.15) is 18.9 Å². The summed E-state index contributed by atoms with van der Waals surface area (Å²) in [5.74, 6) is -0.221. The zero-order valence-electron chi connectivity index (χ0n) is 12.3. The number of hydrogen-bond donors (Lipinski definition) is 2. The predicted molar refractivity (Wildman–Crippen MR) is 91.4 cm³/mol. The number of nitrogens with zero attached hydrogens (tertiary/aromatic N) is 1. The van der Waals surface area contributed by atoms with Crippen molar-refractivity contribution in [3.05, 3.63) is 65.2 Å². The summed E-state index contributed by atoms with van der Waals surface area (Å²) in [7, 11) is 0. The topological polar surface area (TPSA) is 53.5 Å². The lowest BCUT2D eigenvalue weighted by Gasteiger charge is -2.08. The van der Waals surface area contributed by atoms with Crippen molar-refractivity contribution in [1.82, 2.24) is 5.43 Å². The van der Waals surface area contributed by atoms with Crippen molar-refractivity contribution < 1.29 is 4.79 Å². The monoisotopic (exact) mass is 315 g/mol. The van der Waals surface area contributed by atoms with Crippen molar-refractivity contribution in [3.63, 3.8) is 0 Å². The normalized spacial score (nSPS) is 11.1. The standard InChI is InChI=1S/C17H18ClN3O/c1-2-15(13-8-4-3-5-9-13)20-21-17(22)12-19-16-11-7-6-10-14(16)18/h3-11,19H,2,12H2,1H3,(H,21,22). The van der Waals surface area contributed by atoms with Crippen LogP contribution >= 0.6 is 11.6 Å². The molecule has 2 rings (SSSR count). The second-order valence-electron chi connectivity index (χ2n) is 4.65. The summed E-state index contributed by atoms with van der Waals surface area (Å²) in [5, 5.41) is 7.75. The van der Waals surface area contributed by atoms with Gasteiger partial charge < -0.3 is 5.32 Å². The molecule has 0 fully saturated rings. The first-order valence-electron chi connectivity index (χ1n) is 7.10. The lowest BCUT2D eigenvalue weighted by molar-refractivity contribution is -0.119. The molecule has 2 aromatic rings. The number of benzene rings is 2. The van der Waals surface area contributed by atoms with Gasteiger partial charge in [0, 0.05) is 0 Å². The van der Waals surface area contributed by atoms with E-state index in [4.69, 9.17) is 11.6 Å². The van der Waals surface area contributed by atoms with E-state index in [2.05, 4.69) is 15.8 Å². The van der Waals surface area contributed by atoms with Gasteiger partial charge in [-0.3, -0.25) is 4.79 Å². The fourth-order valence-corrected chi connectivity index (χ4v) is 2.13. The molecule has 114 valence electrons. The number of amides is 1. The summed E-state index contributed by atoms with van der Waals surface area (Å²) >= 11 is 6.02. The van der Waals surface area contributed by atoms with Crippen LogP contribution in [0.25, 0.3) is 0 Å². The van der Waals surface area contributed by atoms with Crippen molar-refractivity contribution in [2.75, 3.05) is 11.9 Å². The fourth-order valence-electron chi connectivity index (χ4n) is 1.93. The summed E-state index contributed by atoms with van der Waals surface area (Å²) in [6.45, 7) is 2.11. The fraction of sp³-hybridized carbons (Fsp3) is 0.176. The molecule has 0 radical (unpaired) electrons. The van der Waals surface area contributed by atoms with Gasteiger partial charge in [0.1, 0.15) is 0 Å². The van der Waals surface area contributed by atoms with Crippen molar-refractivity contribution in [2.24, 2.45) is 5.10 Å². The summed E-state index contributed by atoms with van der Waals surface area (Å²) < 4.78 is 0. The molecule has 22 heavy (non-hydrogen) atoms. The van der Waals surface area contributed by atoms with Gasteiger partial charge in [0.2, 0.25) is 0 Å². The molecule has 2 aromatic carbocycles. The molecule has 0 aliphatic rings. The Morgan fingerprint density at radius 1 is 1.09 bits per heavy atom. The second-order valence-corrected chi connectivity index (χ2v) is 5.05. The number of anilines is 1. The highest BCUT2D eigenvalue weighted by Gasteiger charge is 2.04. The second kappa shape index (κ2) is 8.20. The average Bonchev–Trinajstić information content (AvgIpc) is 2.55. The van der Waals surface area contributed by atoms with E-state index in [1.165, 1.54) is 0 Å². The van der Waals surface area contributed by atoms with Gasteiger partial charge in [-0.2, -0.15) is 5.10 Å². The van der Waals surface area contributed by atoms with Gasteiger partial charge in [0.25, 0.3) is 5.91 Å². The van der Waals surface area contributed by atoms with Gasteiger partial charge in [0.05, 0.1) is 23.0 Å². The van der Waals surface area contributed by atoms with Gasteiger partial charge >= 0.3 is 0 Å². The molecule has 4 nitrogen and oxygen atoms in total. The van der Waals surface area contributed by atoms with Crippen molar-refractivity contribution in [3.8, 4) is 0 Å². The maximum Gasteiger partial charge on any atom is 0.259 e. The molecule has 5 heteroatoms. The highest BCUT2D eigenvalue weighted by atomic mass is 35.5. The number of hydrogen-bond acceptors (Lipinski definition) is 3. The van der Waals surface area contributed by atoms with Gasteiger partial charge in [-0.05, 0) is 24.1 Å². The number of halogens is 1. The molecule has 2 N–H and O–H groups in total. The highest BCUT2D eigenvalue weighted by Crippen LogP contribution is 2.19. The van der Waals surface area contributed by atoms with E-state index in [9.17, 15) is 4.79 Å². The number of para-hydroxylation sites is 1. The third-order valence-electron chi connectivity index (χ3n) is 3.07. The van der Waals surface area contributed by atoms with Crippen LogP contribution < -0.4 is 10.7 Å². The lowest BCUT2D eigenvalue weighted by Crippen LogP contribution is -2.27. The first kappa shape index (κ1) is 16.0. The van der Waals surface area contributed by atoms with Crippen LogP contribution in [0.3, 0.4) is 0 Å². The van der Waals surface area contributed by atoms with Crippen LogP contribution in [-0.4, -0.2) is 18.2 Å². The maximum absolute atomic E-state index is 11.9. The lowest BCUT2D eigenvalue weighted by atomic mass is 10.1. The van der Waals surface area contributed by atoms with Crippen LogP contribution in [0.5, 0.6) is 0 Å². The number of hydrazone groups is 1. The van der Waals surface area contributed by atoms with Gasteiger partial charge in [-0.15, -0.1) is 0 Å². The van der Waals surface area contributed by atoms with Gasteiger partial charge in [0.15, 0.2) is 0 Å². The van der Waals surface area contributed by atoms with Gasteiger partial charge in [-0.1, -0.05) is 61.0 Å². The largest absolute Gasteiger partial charge is 0.375 e. The van der Waals surface area contributed by atoms with Crippen molar-refractivity contribution in [1.29, 1.82) is 0 Å². The Labute approximate surface area is 135 Å². The van der Waals surface area contributed by atoms with Crippen LogP contribution in [-0.2, 0) is 4.79 Å². The number of rotatable bonds is 6. The maximum atomic E-state index is 11.9. The average molecular weight is 316 g/mol. The third kappa shape index (κ3) is 4.60. The molecule has 0 bridgehead atoms. The molecule has 0 saturated heterocycles. The van der Waals surface area contributed by atoms with E-state index < -0.39 is 0 Å². The van der Waals surface area contributed by atoms with E-state index in [-0.39, 0.29) is 12.5 Å². The number of carbonyl (C=O) groups is 1. The van der Waals surface area contributed by atoms with Gasteiger partial charge in [-0.25, -0.2) is 5.43 Å². The van der Waals surface area contributed by atoms with Crippen molar-refractivity contribution in [2.45, 2.75) is 13.3 Å². The van der Waals surface area contributed by atoms with Crippen LogP contribution in [0.15, 0.2) is 59.7 Å². The molecule has 0 saturated carbocycles. The smallest absolute Gasteiger partial charge is 0.259 e. The molecule has 0 spiro atoms. The molecule has 0 aliphatic carbocycles. The zero-order chi connectivity index (χ0) is 15.8. The van der Waals surface area contributed by atoms with E-state index >= 15 is 0 Å². The number of nitrogens with one attached hydrogen (secondary N) is 2. The summed E-state index contributed by atoms with van der Waals surface area (Å²) in [6.07, 6.45) is 0.738. The molecule has 0 atom stereocenters. The quantitative estimate of drug-likeness (QED) is 0.631. The van der Waals surface area contributed by atoms with E-state index in [0.717, 1.165) is 23.4 Å². The van der Waals surface area contributed by atoms with Crippen molar-refractivity contribution >= 4 is 28.9 Å².